The Morgan fingerprint density at radius 1 is 1.14 bits per heavy atom. The number of nitrogens with one attached hydrogen (secondary N) is 2. The number of anilines is 2. The van der Waals surface area contributed by atoms with Gasteiger partial charge in [0, 0.05) is 36.4 Å². The van der Waals surface area contributed by atoms with E-state index in [9.17, 15) is 4.79 Å². The number of carbonyl (C=O) groups excluding carboxylic acids is 1. The standard InChI is InChI=1S/C23H26N4O2/c1-29-22-7-3-2-6-21(22)25-18-10-13-27(14-11-18)16-23(28)26-19-8-9-20-17(15-19)5-4-12-24-20/h2-9,12,15,18,25H,10-11,13-14,16H2,1H3,(H,26,28). The van der Waals surface area contributed by atoms with Gasteiger partial charge in [0.05, 0.1) is 24.9 Å². The van der Waals surface area contributed by atoms with E-state index in [1.165, 1.54) is 0 Å². The fraction of sp³-hybridized carbons (Fsp3) is 0.304. The zero-order valence-electron chi connectivity index (χ0n) is 16.6. The van der Waals surface area contributed by atoms with Crippen LogP contribution in [0, 0.1) is 0 Å². The number of methoxy groups -OCH3 is 1. The van der Waals surface area contributed by atoms with Crippen LogP contribution in [0.1, 0.15) is 12.8 Å². The van der Waals surface area contributed by atoms with Gasteiger partial charge < -0.3 is 15.4 Å². The summed E-state index contributed by atoms with van der Waals surface area (Å²) in [6.07, 6.45) is 3.76. The third-order valence-electron chi connectivity index (χ3n) is 5.31. The van der Waals surface area contributed by atoms with Crippen molar-refractivity contribution in [1.82, 2.24) is 9.88 Å². The molecule has 150 valence electrons. The number of benzene rings is 2. The van der Waals surface area contributed by atoms with Crippen molar-refractivity contribution in [2.24, 2.45) is 0 Å². The van der Waals surface area contributed by atoms with Crippen molar-refractivity contribution >= 4 is 28.2 Å². The molecule has 0 atom stereocenters. The number of pyridine rings is 1. The van der Waals surface area contributed by atoms with Crippen LogP contribution in [-0.4, -0.2) is 48.6 Å². The molecule has 0 radical (unpaired) electrons. The zero-order valence-corrected chi connectivity index (χ0v) is 16.6. The predicted octanol–water partition coefficient (Wildman–Crippen LogP) is 3.76. The molecule has 0 aliphatic carbocycles. The van der Waals surface area contributed by atoms with Crippen molar-refractivity contribution in [3.8, 4) is 5.75 Å². The van der Waals surface area contributed by atoms with Crippen LogP contribution in [-0.2, 0) is 4.79 Å². The molecule has 1 fully saturated rings. The Morgan fingerprint density at radius 2 is 1.97 bits per heavy atom. The number of carbonyl (C=O) groups is 1. The normalized spacial score (nSPS) is 15.2. The quantitative estimate of drug-likeness (QED) is 0.671. The van der Waals surface area contributed by atoms with Crippen LogP contribution in [0.3, 0.4) is 0 Å². The number of para-hydroxylation sites is 2. The third-order valence-corrected chi connectivity index (χ3v) is 5.31. The average Bonchev–Trinajstić information content (AvgIpc) is 2.75. The first-order valence-corrected chi connectivity index (χ1v) is 9.98. The van der Waals surface area contributed by atoms with Crippen LogP contribution in [0.5, 0.6) is 5.75 Å². The van der Waals surface area contributed by atoms with E-state index in [1.807, 2.05) is 54.6 Å². The number of rotatable bonds is 6. The highest BCUT2D eigenvalue weighted by Crippen LogP contribution is 2.26. The van der Waals surface area contributed by atoms with E-state index in [0.29, 0.717) is 12.6 Å². The first kappa shape index (κ1) is 19.2. The van der Waals surface area contributed by atoms with Crippen molar-refractivity contribution in [3.05, 3.63) is 60.8 Å². The molecule has 0 saturated carbocycles. The molecule has 1 aromatic heterocycles. The Kier molecular flexibility index (Phi) is 5.91. The second-order valence-corrected chi connectivity index (χ2v) is 7.35. The molecule has 29 heavy (non-hydrogen) atoms. The molecular formula is C23H26N4O2. The highest BCUT2D eigenvalue weighted by molar-refractivity contribution is 5.94. The number of aromatic nitrogens is 1. The van der Waals surface area contributed by atoms with E-state index in [4.69, 9.17) is 4.74 Å². The average molecular weight is 390 g/mol. The predicted molar refractivity (Wildman–Crippen MR) is 116 cm³/mol. The number of piperidine rings is 1. The number of nitrogens with zero attached hydrogens (tertiary/aromatic N) is 2. The summed E-state index contributed by atoms with van der Waals surface area (Å²) in [5.41, 5.74) is 2.76. The molecule has 4 rings (SSSR count). The van der Waals surface area contributed by atoms with Crippen LogP contribution in [0.4, 0.5) is 11.4 Å². The number of amides is 1. The fourth-order valence-electron chi connectivity index (χ4n) is 3.78. The summed E-state index contributed by atoms with van der Waals surface area (Å²) >= 11 is 0. The lowest BCUT2D eigenvalue weighted by Crippen LogP contribution is -2.42. The van der Waals surface area contributed by atoms with Crippen LogP contribution in [0.25, 0.3) is 10.9 Å². The third kappa shape index (κ3) is 4.84. The Labute approximate surface area is 170 Å². The van der Waals surface area contributed by atoms with Crippen molar-refractivity contribution in [3.63, 3.8) is 0 Å². The maximum absolute atomic E-state index is 12.5. The van der Waals surface area contributed by atoms with Crippen LogP contribution < -0.4 is 15.4 Å². The van der Waals surface area contributed by atoms with Gasteiger partial charge in [-0.2, -0.15) is 0 Å². The van der Waals surface area contributed by atoms with Crippen molar-refractivity contribution in [2.75, 3.05) is 37.4 Å². The minimum atomic E-state index is 0.0179. The number of fused-ring (bicyclic) bond motifs is 1. The Bertz CT molecular complexity index is 983. The largest absolute Gasteiger partial charge is 0.495 e. The molecular weight excluding hydrogens is 364 g/mol. The summed E-state index contributed by atoms with van der Waals surface area (Å²) in [4.78, 5) is 19.0. The van der Waals surface area contributed by atoms with Gasteiger partial charge in [-0.25, -0.2) is 0 Å². The molecule has 0 unspecified atom stereocenters. The number of hydrogen-bond donors (Lipinski definition) is 2. The summed E-state index contributed by atoms with van der Waals surface area (Å²) in [5.74, 6) is 0.879. The monoisotopic (exact) mass is 390 g/mol. The molecule has 1 aliphatic rings. The van der Waals surface area contributed by atoms with Crippen LogP contribution >= 0.6 is 0 Å². The lowest BCUT2D eigenvalue weighted by Gasteiger charge is -2.32. The second kappa shape index (κ2) is 8.92. The molecule has 1 saturated heterocycles. The summed E-state index contributed by atoms with van der Waals surface area (Å²) in [7, 11) is 1.69. The van der Waals surface area contributed by atoms with Crippen molar-refractivity contribution in [2.45, 2.75) is 18.9 Å². The van der Waals surface area contributed by atoms with Crippen molar-refractivity contribution < 1.29 is 9.53 Å². The Hall–Kier alpha value is -3.12. The smallest absolute Gasteiger partial charge is 0.238 e. The minimum absolute atomic E-state index is 0.0179. The highest BCUT2D eigenvalue weighted by Gasteiger charge is 2.21. The molecule has 1 amide bonds. The molecule has 1 aliphatic heterocycles. The first-order valence-electron chi connectivity index (χ1n) is 9.98. The van der Waals surface area contributed by atoms with Gasteiger partial charge in [0.2, 0.25) is 5.91 Å². The van der Waals surface area contributed by atoms with Gasteiger partial charge in [0.25, 0.3) is 0 Å². The summed E-state index contributed by atoms with van der Waals surface area (Å²) in [5, 5.41) is 7.60. The molecule has 0 spiro atoms. The van der Waals surface area contributed by atoms with Crippen LogP contribution in [0.15, 0.2) is 60.8 Å². The van der Waals surface area contributed by atoms with E-state index < -0.39 is 0 Å². The van der Waals surface area contributed by atoms with Crippen LogP contribution in [0.2, 0.25) is 0 Å². The maximum atomic E-state index is 12.5. The summed E-state index contributed by atoms with van der Waals surface area (Å²) in [6.45, 7) is 2.19. The fourth-order valence-corrected chi connectivity index (χ4v) is 3.78. The Morgan fingerprint density at radius 3 is 2.79 bits per heavy atom. The molecule has 6 heteroatoms. The van der Waals surface area contributed by atoms with Gasteiger partial charge in [-0.3, -0.25) is 14.7 Å². The molecule has 2 N–H and O–H groups in total. The first-order chi connectivity index (χ1) is 14.2. The van der Waals surface area contributed by atoms with Gasteiger partial charge in [0.15, 0.2) is 0 Å². The molecule has 6 nitrogen and oxygen atoms in total. The van der Waals surface area contributed by atoms with Gasteiger partial charge in [-0.05, 0) is 49.2 Å². The number of ether oxygens (including phenoxy) is 1. The zero-order chi connectivity index (χ0) is 20.1. The van der Waals surface area contributed by atoms with Gasteiger partial charge in [0.1, 0.15) is 5.75 Å². The van der Waals surface area contributed by atoms with E-state index >= 15 is 0 Å². The Balaban J connectivity index is 1.27. The number of hydrogen-bond acceptors (Lipinski definition) is 5. The summed E-state index contributed by atoms with van der Waals surface area (Å²) < 4.78 is 5.41. The van der Waals surface area contributed by atoms with Gasteiger partial charge in [-0.15, -0.1) is 0 Å². The molecule has 3 aromatic rings. The summed E-state index contributed by atoms with van der Waals surface area (Å²) in [6, 6.07) is 18.1. The molecule has 0 bridgehead atoms. The SMILES string of the molecule is COc1ccccc1NC1CCN(CC(=O)Nc2ccc3ncccc3c2)CC1. The van der Waals surface area contributed by atoms with E-state index in [2.05, 4.69) is 20.5 Å². The van der Waals surface area contributed by atoms with E-state index in [0.717, 1.165) is 54.0 Å². The van der Waals surface area contributed by atoms with E-state index in [1.54, 1.807) is 13.3 Å². The van der Waals surface area contributed by atoms with E-state index in [-0.39, 0.29) is 5.91 Å². The maximum Gasteiger partial charge on any atom is 0.238 e. The highest BCUT2D eigenvalue weighted by atomic mass is 16.5. The van der Waals surface area contributed by atoms with Crippen molar-refractivity contribution in [1.29, 1.82) is 0 Å². The topological polar surface area (TPSA) is 66.5 Å². The van der Waals surface area contributed by atoms with Gasteiger partial charge >= 0.3 is 0 Å². The number of likely N-dealkylation sites (tertiary alicyclic amines) is 1. The minimum Gasteiger partial charge on any atom is -0.495 e. The molecule has 2 heterocycles. The lowest BCUT2D eigenvalue weighted by atomic mass is 10.0. The lowest BCUT2D eigenvalue weighted by molar-refractivity contribution is -0.117. The van der Waals surface area contributed by atoms with Gasteiger partial charge in [-0.1, -0.05) is 18.2 Å². The second-order valence-electron chi connectivity index (χ2n) is 7.35. The molecule has 2 aromatic carbocycles.